The molecule has 0 aliphatic carbocycles. The van der Waals surface area contributed by atoms with E-state index in [0.29, 0.717) is 12.5 Å². The van der Waals surface area contributed by atoms with Gasteiger partial charge in [-0.25, -0.2) is 9.97 Å². The van der Waals surface area contributed by atoms with Crippen LogP contribution >= 0.6 is 11.3 Å². The van der Waals surface area contributed by atoms with E-state index < -0.39 is 0 Å². The van der Waals surface area contributed by atoms with Crippen LogP contribution in [0.4, 0.5) is 5.82 Å². The SMILES string of the molecule is CN(CC(=O)N1CCCC1)CC1CCN(c2ncnc3scc(-c4ccccc4)c23)CC1. The van der Waals surface area contributed by atoms with Crippen molar-refractivity contribution in [3.63, 3.8) is 0 Å². The molecule has 2 aliphatic heterocycles. The van der Waals surface area contributed by atoms with Crippen molar-refractivity contribution in [3.8, 4) is 11.1 Å². The number of carbonyl (C=O) groups excluding carboxylic acids is 1. The fraction of sp³-hybridized carbons (Fsp3) is 0.480. The highest BCUT2D eigenvalue weighted by atomic mass is 32.1. The van der Waals surface area contributed by atoms with Crippen molar-refractivity contribution in [2.75, 3.05) is 51.2 Å². The third-order valence-corrected chi connectivity index (χ3v) is 7.67. The maximum absolute atomic E-state index is 12.4. The fourth-order valence-corrected chi connectivity index (χ4v) is 5.97. The molecule has 0 N–H and O–H groups in total. The first-order valence-electron chi connectivity index (χ1n) is 11.7. The Hall–Kier alpha value is -2.51. The van der Waals surface area contributed by atoms with Crippen molar-refractivity contribution < 1.29 is 4.79 Å². The van der Waals surface area contributed by atoms with Crippen molar-refractivity contribution in [1.82, 2.24) is 19.8 Å². The quantitative estimate of drug-likeness (QED) is 0.566. The second-order valence-corrected chi connectivity index (χ2v) is 9.97. The van der Waals surface area contributed by atoms with Gasteiger partial charge in [0.2, 0.25) is 5.91 Å². The monoisotopic (exact) mass is 449 g/mol. The number of thiophene rings is 1. The van der Waals surface area contributed by atoms with Crippen molar-refractivity contribution in [3.05, 3.63) is 42.0 Å². The van der Waals surface area contributed by atoms with Crippen LogP contribution < -0.4 is 4.90 Å². The molecule has 6 nitrogen and oxygen atoms in total. The Morgan fingerprint density at radius 1 is 1.09 bits per heavy atom. The summed E-state index contributed by atoms with van der Waals surface area (Å²) in [5.74, 6) is 1.97. The Morgan fingerprint density at radius 3 is 2.59 bits per heavy atom. The van der Waals surface area contributed by atoms with Crippen LogP contribution in [-0.4, -0.2) is 72.0 Å². The number of piperidine rings is 1. The Labute approximate surface area is 193 Å². The molecule has 168 valence electrons. The molecule has 4 heterocycles. The maximum Gasteiger partial charge on any atom is 0.236 e. The Morgan fingerprint density at radius 2 is 1.84 bits per heavy atom. The first-order chi connectivity index (χ1) is 15.7. The maximum atomic E-state index is 12.4. The number of amides is 1. The predicted molar refractivity (Wildman–Crippen MR) is 131 cm³/mol. The molecule has 2 saturated heterocycles. The number of aromatic nitrogens is 2. The normalized spacial score (nSPS) is 17.6. The molecule has 0 bridgehead atoms. The van der Waals surface area contributed by atoms with Crippen molar-refractivity contribution >= 4 is 33.3 Å². The molecule has 0 spiro atoms. The molecule has 1 aromatic carbocycles. The summed E-state index contributed by atoms with van der Waals surface area (Å²) < 4.78 is 0. The first kappa shape index (κ1) is 21.3. The minimum absolute atomic E-state index is 0.289. The average molecular weight is 450 g/mol. The molecule has 2 fully saturated rings. The van der Waals surface area contributed by atoms with Gasteiger partial charge in [0.15, 0.2) is 0 Å². The number of carbonyl (C=O) groups is 1. The number of benzene rings is 1. The van der Waals surface area contributed by atoms with E-state index in [1.54, 1.807) is 17.7 Å². The van der Waals surface area contributed by atoms with Gasteiger partial charge in [-0.2, -0.15) is 0 Å². The lowest BCUT2D eigenvalue weighted by molar-refractivity contribution is -0.131. The van der Waals surface area contributed by atoms with Crippen LogP contribution in [0.15, 0.2) is 42.0 Å². The molecule has 0 unspecified atom stereocenters. The van der Waals surface area contributed by atoms with E-state index in [9.17, 15) is 4.79 Å². The lowest BCUT2D eigenvalue weighted by Crippen LogP contribution is -2.42. The van der Waals surface area contributed by atoms with Crippen LogP contribution in [0, 0.1) is 5.92 Å². The number of fused-ring (bicyclic) bond motifs is 1. The molecule has 0 atom stereocenters. The van der Waals surface area contributed by atoms with Crippen LogP contribution in [0.5, 0.6) is 0 Å². The largest absolute Gasteiger partial charge is 0.356 e. The highest BCUT2D eigenvalue weighted by molar-refractivity contribution is 7.17. The van der Waals surface area contributed by atoms with Gasteiger partial charge in [-0.1, -0.05) is 30.3 Å². The number of hydrogen-bond acceptors (Lipinski definition) is 6. The lowest BCUT2D eigenvalue weighted by Gasteiger charge is -2.35. The third kappa shape index (κ3) is 4.50. The average Bonchev–Trinajstić information content (AvgIpc) is 3.50. The van der Waals surface area contributed by atoms with Crippen LogP contribution in [0.2, 0.25) is 0 Å². The predicted octanol–water partition coefficient (Wildman–Crippen LogP) is 4.13. The van der Waals surface area contributed by atoms with Gasteiger partial charge < -0.3 is 9.80 Å². The van der Waals surface area contributed by atoms with Gasteiger partial charge in [-0.05, 0) is 44.2 Å². The van der Waals surface area contributed by atoms with Gasteiger partial charge in [0, 0.05) is 43.7 Å². The molecule has 5 rings (SSSR count). The molecular formula is C25H31N5OS. The zero-order valence-corrected chi connectivity index (χ0v) is 19.6. The number of rotatable bonds is 6. The van der Waals surface area contributed by atoms with Gasteiger partial charge >= 0.3 is 0 Å². The third-order valence-electron chi connectivity index (χ3n) is 6.78. The van der Waals surface area contributed by atoms with E-state index in [1.165, 1.54) is 16.5 Å². The highest BCUT2D eigenvalue weighted by Gasteiger charge is 2.26. The lowest BCUT2D eigenvalue weighted by atomic mass is 9.96. The zero-order chi connectivity index (χ0) is 21.9. The molecular weight excluding hydrogens is 418 g/mol. The smallest absolute Gasteiger partial charge is 0.236 e. The van der Waals surface area contributed by atoms with Crippen LogP contribution in [0.25, 0.3) is 21.3 Å². The standard InChI is InChI=1S/C25H31N5OS/c1-28(16-22(31)29-11-5-6-12-29)15-19-9-13-30(14-10-19)24-23-21(20-7-3-2-4-8-20)17-32-25(23)27-18-26-24/h2-4,7-8,17-19H,5-6,9-16H2,1H3. The number of hydrogen-bond donors (Lipinski definition) is 0. The molecule has 1 amide bonds. The minimum Gasteiger partial charge on any atom is -0.356 e. The summed E-state index contributed by atoms with van der Waals surface area (Å²) in [6, 6.07) is 10.5. The van der Waals surface area contributed by atoms with Crippen LogP contribution in [0.3, 0.4) is 0 Å². The van der Waals surface area contributed by atoms with Gasteiger partial charge in [0.05, 0.1) is 11.9 Å². The van der Waals surface area contributed by atoms with E-state index in [1.807, 2.05) is 4.90 Å². The number of anilines is 1. The Bertz CT molecular complexity index is 1050. The molecule has 0 saturated carbocycles. The van der Waals surface area contributed by atoms with E-state index in [0.717, 1.165) is 69.1 Å². The van der Waals surface area contributed by atoms with E-state index >= 15 is 0 Å². The number of nitrogens with zero attached hydrogens (tertiary/aromatic N) is 5. The highest BCUT2D eigenvalue weighted by Crippen LogP contribution is 2.38. The molecule has 0 radical (unpaired) electrons. The molecule has 7 heteroatoms. The van der Waals surface area contributed by atoms with Crippen molar-refractivity contribution in [2.45, 2.75) is 25.7 Å². The molecule has 32 heavy (non-hydrogen) atoms. The Balaban J connectivity index is 1.24. The van der Waals surface area contributed by atoms with E-state index in [-0.39, 0.29) is 5.91 Å². The van der Waals surface area contributed by atoms with Gasteiger partial charge in [0.25, 0.3) is 0 Å². The fourth-order valence-electron chi connectivity index (χ4n) is 5.06. The summed E-state index contributed by atoms with van der Waals surface area (Å²) in [7, 11) is 2.09. The molecule has 2 aromatic heterocycles. The van der Waals surface area contributed by atoms with Gasteiger partial charge in [-0.15, -0.1) is 11.3 Å². The van der Waals surface area contributed by atoms with E-state index in [2.05, 4.69) is 57.5 Å². The van der Waals surface area contributed by atoms with Crippen molar-refractivity contribution in [1.29, 1.82) is 0 Å². The summed E-state index contributed by atoms with van der Waals surface area (Å²) in [4.78, 5) is 29.4. The van der Waals surface area contributed by atoms with Gasteiger partial charge in [0.1, 0.15) is 17.0 Å². The second-order valence-electron chi connectivity index (χ2n) is 9.11. The van der Waals surface area contributed by atoms with Crippen molar-refractivity contribution in [2.24, 2.45) is 5.92 Å². The summed E-state index contributed by atoms with van der Waals surface area (Å²) in [5, 5.41) is 3.38. The number of likely N-dealkylation sites (tertiary alicyclic amines) is 1. The van der Waals surface area contributed by atoms with Gasteiger partial charge in [-0.3, -0.25) is 9.69 Å². The summed E-state index contributed by atoms with van der Waals surface area (Å²) in [6.07, 6.45) is 6.25. The van der Waals surface area contributed by atoms with Crippen LogP contribution in [0.1, 0.15) is 25.7 Å². The number of likely N-dealkylation sites (N-methyl/N-ethyl adjacent to an activating group) is 1. The summed E-state index contributed by atoms with van der Waals surface area (Å²) in [6.45, 7) is 5.39. The van der Waals surface area contributed by atoms with E-state index in [4.69, 9.17) is 4.98 Å². The first-order valence-corrected chi connectivity index (χ1v) is 12.6. The van der Waals surface area contributed by atoms with Crippen LogP contribution in [-0.2, 0) is 4.79 Å². The topological polar surface area (TPSA) is 52.6 Å². The zero-order valence-electron chi connectivity index (χ0n) is 18.7. The minimum atomic E-state index is 0.289. The Kier molecular flexibility index (Phi) is 6.37. The second kappa shape index (κ2) is 9.55. The summed E-state index contributed by atoms with van der Waals surface area (Å²) in [5.41, 5.74) is 2.44. The molecule has 2 aliphatic rings. The summed E-state index contributed by atoms with van der Waals surface area (Å²) >= 11 is 1.69. The molecule has 3 aromatic rings.